The molecule has 5 N–H and O–H groups in total. The van der Waals surface area contributed by atoms with Crippen LogP contribution in [0.3, 0.4) is 0 Å². The first-order chi connectivity index (χ1) is 7.56. The Morgan fingerprint density at radius 1 is 1.50 bits per heavy atom. The number of carbonyl (C=O) groups excluding carboxylic acids is 1. The minimum atomic E-state index is -1.09. The molecule has 1 rings (SSSR count). The number of carboxylic acids is 1. The molecular formula is C9H17N3O4. The van der Waals surface area contributed by atoms with Gasteiger partial charge in [0.05, 0.1) is 6.10 Å². The van der Waals surface area contributed by atoms with Crippen LogP contribution >= 0.6 is 0 Å². The summed E-state index contributed by atoms with van der Waals surface area (Å²) in [6.45, 7) is 0.935. The normalized spacial score (nSPS) is 24.5. The highest BCUT2D eigenvalue weighted by Crippen LogP contribution is 2.17. The lowest BCUT2D eigenvalue weighted by Gasteiger charge is -2.21. The summed E-state index contributed by atoms with van der Waals surface area (Å²) in [4.78, 5) is 23.6. The van der Waals surface area contributed by atoms with Gasteiger partial charge in [-0.15, -0.1) is 0 Å². The fourth-order valence-corrected chi connectivity index (χ4v) is 1.67. The maximum Gasteiger partial charge on any atom is 0.326 e. The fraction of sp³-hybridized carbons (Fsp3) is 0.778. The van der Waals surface area contributed by atoms with Gasteiger partial charge in [0.1, 0.15) is 6.04 Å². The second kappa shape index (κ2) is 5.66. The first-order valence-electron chi connectivity index (χ1n) is 5.21. The molecule has 16 heavy (non-hydrogen) atoms. The van der Waals surface area contributed by atoms with E-state index in [1.165, 1.54) is 0 Å². The van der Waals surface area contributed by atoms with Crippen LogP contribution in [0.4, 0.5) is 4.79 Å². The van der Waals surface area contributed by atoms with Gasteiger partial charge < -0.3 is 26.2 Å². The predicted octanol–water partition coefficient (Wildman–Crippen LogP) is -1.44. The number of likely N-dealkylation sites (tertiary alicyclic amines) is 1. The van der Waals surface area contributed by atoms with Crippen LogP contribution < -0.4 is 11.1 Å². The van der Waals surface area contributed by atoms with Crippen molar-refractivity contribution in [2.45, 2.75) is 25.0 Å². The number of rotatable bonds is 4. The van der Waals surface area contributed by atoms with Crippen LogP contribution in [0.2, 0.25) is 0 Å². The average molecular weight is 231 g/mol. The zero-order valence-corrected chi connectivity index (χ0v) is 8.93. The molecule has 0 aromatic rings. The second-order valence-electron chi connectivity index (χ2n) is 3.77. The lowest BCUT2D eigenvalue weighted by atomic mass is 10.2. The highest BCUT2D eigenvalue weighted by molar-refractivity contribution is 5.83. The molecule has 0 saturated carbocycles. The summed E-state index contributed by atoms with van der Waals surface area (Å²) in [5, 5.41) is 20.8. The number of nitrogens with zero attached hydrogens (tertiary/aromatic N) is 1. The molecule has 0 unspecified atom stereocenters. The van der Waals surface area contributed by atoms with Crippen molar-refractivity contribution in [2.24, 2.45) is 5.73 Å². The quantitative estimate of drug-likeness (QED) is 0.442. The Kier molecular flexibility index (Phi) is 4.51. The third-order valence-corrected chi connectivity index (χ3v) is 2.48. The van der Waals surface area contributed by atoms with Crippen LogP contribution in [0.25, 0.3) is 0 Å². The van der Waals surface area contributed by atoms with Crippen LogP contribution in [0.15, 0.2) is 0 Å². The van der Waals surface area contributed by atoms with Crippen LogP contribution in [0.5, 0.6) is 0 Å². The van der Waals surface area contributed by atoms with Gasteiger partial charge in [-0.2, -0.15) is 0 Å². The Bertz CT molecular complexity index is 271. The van der Waals surface area contributed by atoms with E-state index in [4.69, 9.17) is 10.8 Å². The number of urea groups is 1. The van der Waals surface area contributed by atoms with E-state index in [0.29, 0.717) is 19.5 Å². The third kappa shape index (κ3) is 3.07. The zero-order valence-electron chi connectivity index (χ0n) is 8.93. The number of nitrogens with one attached hydrogen (secondary N) is 1. The van der Waals surface area contributed by atoms with Crippen molar-refractivity contribution in [3.05, 3.63) is 0 Å². The molecule has 1 aliphatic heterocycles. The van der Waals surface area contributed by atoms with Gasteiger partial charge in [0.25, 0.3) is 0 Å². The summed E-state index contributed by atoms with van der Waals surface area (Å²) < 4.78 is 0. The van der Waals surface area contributed by atoms with Gasteiger partial charge in [-0.25, -0.2) is 9.59 Å². The largest absolute Gasteiger partial charge is 0.480 e. The van der Waals surface area contributed by atoms with Crippen molar-refractivity contribution < 1.29 is 19.8 Å². The monoisotopic (exact) mass is 231 g/mol. The van der Waals surface area contributed by atoms with Crippen molar-refractivity contribution in [1.29, 1.82) is 0 Å². The molecule has 2 amide bonds. The molecule has 1 saturated heterocycles. The van der Waals surface area contributed by atoms with E-state index in [-0.39, 0.29) is 13.0 Å². The summed E-state index contributed by atoms with van der Waals surface area (Å²) in [5.74, 6) is -1.09. The topological polar surface area (TPSA) is 116 Å². The second-order valence-corrected chi connectivity index (χ2v) is 3.77. The van der Waals surface area contributed by atoms with Crippen molar-refractivity contribution in [3.63, 3.8) is 0 Å². The van der Waals surface area contributed by atoms with Crippen molar-refractivity contribution >= 4 is 12.0 Å². The van der Waals surface area contributed by atoms with E-state index in [0.717, 1.165) is 4.90 Å². The average Bonchev–Trinajstić information content (AvgIpc) is 2.61. The number of aliphatic carboxylic acids is 1. The Morgan fingerprint density at radius 3 is 2.75 bits per heavy atom. The number of carbonyl (C=O) groups is 2. The zero-order chi connectivity index (χ0) is 12.1. The molecule has 1 heterocycles. The third-order valence-electron chi connectivity index (χ3n) is 2.48. The molecule has 7 heteroatoms. The van der Waals surface area contributed by atoms with E-state index in [2.05, 4.69) is 5.32 Å². The number of aliphatic hydroxyl groups excluding tert-OH is 1. The van der Waals surface area contributed by atoms with Crippen LogP contribution in [0.1, 0.15) is 12.8 Å². The number of aliphatic hydroxyl groups is 1. The standard InChI is InChI=1S/C9H17N3O4/c10-2-1-3-11-9(16)12-5-6(13)4-7(12)8(14)15/h6-7,13H,1-5,10H2,(H,11,16)(H,14,15)/t6-,7+/m1/s1. The van der Waals surface area contributed by atoms with Gasteiger partial charge in [0, 0.05) is 19.5 Å². The number of amides is 2. The Labute approximate surface area is 93.2 Å². The molecule has 0 aliphatic carbocycles. The molecule has 0 radical (unpaired) electrons. The molecule has 0 aromatic carbocycles. The van der Waals surface area contributed by atoms with Crippen LogP contribution in [-0.4, -0.2) is 58.9 Å². The van der Waals surface area contributed by atoms with E-state index in [1.54, 1.807) is 0 Å². The Morgan fingerprint density at radius 2 is 2.19 bits per heavy atom. The minimum absolute atomic E-state index is 0.0609. The summed E-state index contributed by atoms with van der Waals surface area (Å²) in [6, 6.07) is -1.40. The lowest BCUT2D eigenvalue weighted by Crippen LogP contribution is -2.46. The number of hydrogen-bond donors (Lipinski definition) is 4. The molecular weight excluding hydrogens is 214 g/mol. The molecule has 0 aromatic heterocycles. The molecule has 92 valence electrons. The fourth-order valence-electron chi connectivity index (χ4n) is 1.67. The minimum Gasteiger partial charge on any atom is -0.480 e. The van der Waals surface area contributed by atoms with E-state index in [9.17, 15) is 14.7 Å². The number of nitrogens with two attached hydrogens (primary N) is 1. The SMILES string of the molecule is NCCCNC(=O)N1C[C@H](O)C[C@H]1C(=O)O. The molecule has 1 aliphatic rings. The van der Waals surface area contributed by atoms with Crippen molar-refractivity contribution in [1.82, 2.24) is 10.2 Å². The highest BCUT2D eigenvalue weighted by atomic mass is 16.4. The van der Waals surface area contributed by atoms with E-state index >= 15 is 0 Å². The number of hydrogen-bond acceptors (Lipinski definition) is 4. The summed E-state index contributed by atoms with van der Waals surface area (Å²) in [6.07, 6.45) is -0.0409. The summed E-state index contributed by atoms with van der Waals surface area (Å²) in [7, 11) is 0. The molecule has 1 fully saturated rings. The van der Waals surface area contributed by atoms with E-state index < -0.39 is 24.1 Å². The molecule has 0 spiro atoms. The molecule has 2 atom stereocenters. The highest BCUT2D eigenvalue weighted by Gasteiger charge is 2.38. The van der Waals surface area contributed by atoms with Gasteiger partial charge >= 0.3 is 12.0 Å². The van der Waals surface area contributed by atoms with Gasteiger partial charge in [0.15, 0.2) is 0 Å². The van der Waals surface area contributed by atoms with Crippen molar-refractivity contribution in [2.75, 3.05) is 19.6 Å². The predicted molar refractivity (Wildman–Crippen MR) is 55.8 cm³/mol. The molecule has 7 nitrogen and oxygen atoms in total. The smallest absolute Gasteiger partial charge is 0.326 e. The van der Waals surface area contributed by atoms with Crippen molar-refractivity contribution in [3.8, 4) is 0 Å². The lowest BCUT2D eigenvalue weighted by molar-refractivity contribution is -0.141. The van der Waals surface area contributed by atoms with E-state index in [1.807, 2.05) is 0 Å². The van der Waals surface area contributed by atoms with Crippen LogP contribution in [0, 0.1) is 0 Å². The van der Waals surface area contributed by atoms with Gasteiger partial charge in [-0.05, 0) is 13.0 Å². The van der Waals surface area contributed by atoms with Crippen LogP contribution in [-0.2, 0) is 4.79 Å². The summed E-state index contributed by atoms with van der Waals surface area (Å²) in [5.41, 5.74) is 5.27. The van der Waals surface area contributed by atoms with Gasteiger partial charge in [0.2, 0.25) is 0 Å². The maximum atomic E-state index is 11.6. The van der Waals surface area contributed by atoms with Gasteiger partial charge in [-0.3, -0.25) is 0 Å². The number of β-amino-alcohol motifs (C(OH)–C–C–N with tert-alkyl or cyclic N) is 1. The summed E-state index contributed by atoms with van der Waals surface area (Å²) >= 11 is 0. The number of carboxylic acid groups (broad SMARTS) is 1. The van der Waals surface area contributed by atoms with Gasteiger partial charge in [-0.1, -0.05) is 0 Å². The maximum absolute atomic E-state index is 11.6. The first kappa shape index (κ1) is 12.7. The Balaban J connectivity index is 2.50. The Hall–Kier alpha value is -1.34. The first-order valence-corrected chi connectivity index (χ1v) is 5.21. The molecule has 0 bridgehead atoms.